The molecule has 0 radical (unpaired) electrons. The van der Waals surface area contributed by atoms with Crippen LogP contribution in [-0.4, -0.2) is 22.6 Å². The van der Waals surface area contributed by atoms with Crippen molar-refractivity contribution >= 4 is 28.6 Å². The highest BCUT2D eigenvalue weighted by atomic mass is 16.5. The van der Waals surface area contributed by atoms with Gasteiger partial charge >= 0.3 is 0 Å². The molecule has 4 aromatic rings. The topological polar surface area (TPSA) is 68.2 Å². The van der Waals surface area contributed by atoms with E-state index in [1.807, 2.05) is 85.8 Å². The van der Waals surface area contributed by atoms with Gasteiger partial charge in [0, 0.05) is 11.4 Å². The van der Waals surface area contributed by atoms with Crippen LogP contribution < -0.4 is 15.4 Å². The number of carbonyl (C=O) groups is 1. The number of anilines is 2. The molecule has 0 bridgehead atoms. The molecule has 2 N–H and O–H groups in total. The van der Waals surface area contributed by atoms with Crippen LogP contribution in [0, 0.1) is 0 Å². The number of nitrogens with zero attached hydrogens (tertiary/aromatic N) is 2. The lowest BCUT2D eigenvalue weighted by atomic mass is 9.94. The van der Waals surface area contributed by atoms with Crippen molar-refractivity contribution in [3.63, 3.8) is 0 Å². The highest BCUT2D eigenvalue weighted by Gasteiger charge is 2.34. The summed E-state index contributed by atoms with van der Waals surface area (Å²) >= 11 is 0. The SMILES string of the molecule is COc1ccc(NC(=O)C2=C(C)Nc3nc4ccccc4n3[C@@H]2c2ccccc2)cc1. The average molecular weight is 410 g/mol. The molecule has 31 heavy (non-hydrogen) atoms. The summed E-state index contributed by atoms with van der Waals surface area (Å²) in [5, 5.41) is 6.37. The van der Waals surface area contributed by atoms with Crippen molar-refractivity contribution in [2.75, 3.05) is 17.7 Å². The van der Waals surface area contributed by atoms with Gasteiger partial charge in [0.25, 0.3) is 5.91 Å². The van der Waals surface area contributed by atoms with Crippen molar-refractivity contribution in [1.82, 2.24) is 9.55 Å². The summed E-state index contributed by atoms with van der Waals surface area (Å²) in [7, 11) is 1.62. The molecule has 6 heteroatoms. The molecule has 154 valence electrons. The fraction of sp³-hybridized carbons (Fsp3) is 0.120. The van der Waals surface area contributed by atoms with Crippen LogP contribution in [0.15, 0.2) is 90.1 Å². The standard InChI is InChI=1S/C25H22N4O2/c1-16-22(24(30)27-18-12-14-19(31-2)15-13-18)23(17-8-4-3-5-9-17)29-21-11-7-6-10-20(21)28-25(29)26-16/h3-15,23H,1-2H3,(H,26,28)(H,27,30)/t23-/m1/s1. The molecule has 3 aromatic carbocycles. The first-order chi connectivity index (χ1) is 15.2. The summed E-state index contributed by atoms with van der Waals surface area (Å²) in [6, 6.07) is 25.0. The number of hydrogen-bond donors (Lipinski definition) is 2. The van der Waals surface area contributed by atoms with Gasteiger partial charge in [-0.15, -0.1) is 0 Å². The number of para-hydroxylation sites is 2. The number of imidazole rings is 1. The summed E-state index contributed by atoms with van der Waals surface area (Å²) in [5.74, 6) is 1.31. The minimum absolute atomic E-state index is 0.160. The maximum absolute atomic E-state index is 13.5. The van der Waals surface area contributed by atoms with E-state index in [0.29, 0.717) is 11.3 Å². The van der Waals surface area contributed by atoms with Gasteiger partial charge in [0.2, 0.25) is 5.95 Å². The van der Waals surface area contributed by atoms with Gasteiger partial charge in [-0.25, -0.2) is 4.98 Å². The Morgan fingerprint density at radius 2 is 1.71 bits per heavy atom. The predicted molar refractivity (Wildman–Crippen MR) is 122 cm³/mol. The minimum Gasteiger partial charge on any atom is -0.497 e. The van der Waals surface area contributed by atoms with Crippen molar-refractivity contribution in [3.8, 4) is 5.75 Å². The summed E-state index contributed by atoms with van der Waals surface area (Å²) in [4.78, 5) is 18.3. The van der Waals surface area contributed by atoms with Crippen LogP contribution >= 0.6 is 0 Å². The molecule has 5 rings (SSSR count). The van der Waals surface area contributed by atoms with Crippen LogP contribution in [-0.2, 0) is 4.79 Å². The van der Waals surface area contributed by atoms with Crippen LogP contribution in [0.1, 0.15) is 18.5 Å². The molecule has 1 aliphatic heterocycles. The summed E-state index contributed by atoms with van der Waals surface area (Å²) in [6.07, 6.45) is 0. The number of benzene rings is 3. The van der Waals surface area contributed by atoms with Gasteiger partial charge in [-0.2, -0.15) is 0 Å². The maximum Gasteiger partial charge on any atom is 0.255 e. The third-order valence-electron chi connectivity index (χ3n) is 5.54. The number of amides is 1. The quantitative estimate of drug-likeness (QED) is 0.498. The summed E-state index contributed by atoms with van der Waals surface area (Å²) < 4.78 is 7.31. The Balaban J connectivity index is 1.61. The second-order valence-corrected chi connectivity index (χ2v) is 7.45. The molecule has 0 aliphatic carbocycles. The van der Waals surface area contributed by atoms with Crippen molar-refractivity contribution in [2.45, 2.75) is 13.0 Å². The number of ether oxygens (including phenoxy) is 1. The zero-order chi connectivity index (χ0) is 21.4. The Labute approximate surface area is 180 Å². The van der Waals surface area contributed by atoms with Gasteiger partial charge in [0.1, 0.15) is 5.75 Å². The number of methoxy groups -OCH3 is 1. The predicted octanol–water partition coefficient (Wildman–Crippen LogP) is 4.97. The molecule has 1 aliphatic rings. The zero-order valence-corrected chi connectivity index (χ0v) is 17.3. The molecule has 1 aromatic heterocycles. The summed E-state index contributed by atoms with van der Waals surface area (Å²) in [5.41, 5.74) is 5.02. The van der Waals surface area contributed by atoms with Crippen LogP contribution in [0.2, 0.25) is 0 Å². The molecular formula is C25H22N4O2. The molecule has 0 fully saturated rings. The van der Waals surface area contributed by atoms with Crippen LogP contribution in [0.3, 0.4) is 0 Å². The van der Waals surface area contributed by atoms with E-state index in [2.05, 4.69) is 15.2 Å². The first kappa shape index (κ1) is 18.9. The highest BCUT2D eigenvalue weighted by molar-refractivity contribution is 6.06. The van der Waals surface area contributed by atoms with Crippen LogP contribution in [0.5, 0.6) is 5.75 Å². The van der Waals surface area contributed by atoms with E-state index < -0.39 is 0 Å². The van der Waals surface area contributed by atoms with Gasteiger partial charge in [-0.05, 0) is 48.9 Å². The number of allylic oxidation sites excluding steroid dienone is 1. The van der Waals surface area contributed by atoms with Crippen molar-refractivity contribution in [2.24, 2.45) is 0 Å². The first-order valence-electron chi connectivity index (χ1n) is 10.1. The van der Waals surface area contributed by atoms with Gasteiger partial charge in [0.15, 0.2) is 0 Å². The van der Waals surface area contributed by atoms with Crippen LogP contribution in [0.4, 0.5) is 11.6 Å². The monoisotopic (exact) mass is 410 g/mol. The van der Waals surface area contributed by atoms with Gasteiger partial charge in [-0.1, -0.05) is 42.5 Å². The number of carbonyl (C=O) groups excluding carboxylic acids is 1. The Morgan fingerprint density at radius 3 is 2.45 bits per heavy atom. The lowest BCUT2D eigenvalue weighted by Gasteiger charge is -2.30. The molecule has 6 nitrogen and oxygen atoms in total. The van der Waals surface area contributed by atoms with Crippen molar-refractivity contribution < 1.29 is 9.53 Å². The van der Waals surface area contributed by atoms with E-state index in [0.717, 1.165) is 34.0 Å². The minimum atomic E-state index is -0.303. The Morgan fingerprint density at radius 1 is 1.00 bits per heavy atom. The Bertz CT molecular complexity index is 1290. The second kappa shape index (κ2) is 7.65. The van der Waals surface area contributed by atoms with E-state index in [1.54, 1.807) is 7.11 Å². The molecule has 0 unspecified atom stereocenters. The number of aromatic nitrogens is 2. The second-order valence-electron chi connectivity index (χ2n) is 7.45. The molecular weight excluding hydrogens is 388 g/mol. The molecule has 1 amide bonds. The van der Waals surface area contributed by atoms with Gasteiger partial charge < -0.3 is 15.4 Å². The Kier molecular flexibility index (Phi) is 4.67. The maximum atomic E-state index is 13.5. The molecule has 0 saturated heterocycles. The smallest absolute Gasteiger partial charge is 0.255 e. The summed E-state index contributed by atoms with van der Waals surface area (Å²) in [6.45, 7) is 1.92. The van der Waals surface area contributed by atoms with E-state index in [-0.39, 0.29) is 11.9 Å². The van der Waals surface area contributed by atoms with Gasteiger partial charge in [0.05, 0.1) is 29.8 Å². The van der Waals surface area contributed by atoms with Crippen molar-refractivity contribution in [3.05, 3.63) is 95.7 Å². The van der Waals surface area contributed by atoms with E-state index in [4.69, 9.17) is 9.72 Å². The molecule has 0 saturated carbocycles. The fourth-order valence-electron chi connectivity index (χ4n) is 4.08. The average Bonchev–Trinajstić information content (AvgIpc) is 3.17. The first-order valence-corrected chi connectivity index (χ1v) is 10.1. The largest absolute Gasteiger partial charge is 0.497 e. The lowest BCUT2D eigenvalue weighted by molar-refractivity contribution is -0.113. The lowest BCUT2D eigenvalue weighted by Crippen LogP contribution is -2.30. The normalized spacial score (nSPS) is 15.4. The number of fused-ring (bicyclic) bond motifs is 3. The third-order valence-corrected chi connectivity index (χ3v) is 5.54. The van der Waals surface area contributed by atoms with Gasteiger partial charge in [-0.3, -0.25) is 9.36 Å². The fourth-order valence-corrected chi connectivity index (χ4v) is 4.08. The van der Waals surface area contributed by atoms with E-state index in [1.165, 1.54) is 0 Å². The molecule has 2 heterocycles. The van der Waals surface area contributed by atoms with Crippen LogP contribution in [0.25, 0.3) is 11.0 Å². The number of nitrogens with one attached hydrogen (secondary N) is 2. The van der Waals surface area contributed by atoms with E-state index in [9.17, 15) is 4.79 Å². The Hall–Kier alpha value is -4.06. The number of rotatable bonds is 4. The molecule has 0 spiro atoms. The molecule has 1 atom stereocenters. The van der Waals surface area contributed by atoms with E-state index >= 15 is 0 Å². The highest BCUT2D eigenvalue weighted by Crippen LogP contribution is 2.39. The van der Waals surface area contributed by atoms with Crippen molar-refractivity contribution in [1.29, 1.82) is 0 Å². The zero-order valence-electron chi connectivity index (χ0n) is 17.3. The third kappa shape index (κ3) is 3.32. The number of hydrogen-bond acceptors (Lipinski definition) is 4.